The van der Waals surface area contributed by atoms with Gasteiger partial charge in [0.1, 0.15) is 5.82 Å². The number of nitrogens with two attached hydrogens (primary N) is 1. The van der Waals surface area contributed by atoms with Crippen molar-refractivity contribution in [2.24, 2.45) is 5.73 Å². The molecule has 0 aliphatic heterocycles. The Morgan fingerprint density at radius 3 is 2.45 bits per heavy atom. The Kier molecular flexibility index (Phi) is 4.91. The van der Waals surface area contributed by atoms with Crippen molar-refractivity contribution >= 4 is 5.91 Å². The molecule has 0 fully saturated rings. The summed E-state index contributed by atoms with van der Waals surface area (Å²) >= 11 is 0. The summed E-state index contributed by atoms with van der Waals surface area (Å²) in [6.07, 6.45) is 5.49. The molecule has 0 bridgehead atoms. The number of hydrogen-bond acceptors (Lipinski definition) is 3. The molecule has 6 heteroatoms. The second kappa shape index (κ2) is 7.67. The number of carbonyl (C=O) groups is 1. The Labute approximate surface area is 167 Å². The SMILES string of the molecule is CC(c1cnn(-c2ccc(F)cc2)c1)c1cc(-c2ccc(C(N)=O)cc2)ccn1. The second-order valence-corrected chi connectivity index (χ2v) is 6.83. The zero-order valence-electron chi connectivity index (χ0n) is 15.8. The van der Waals surface area contributed by atoms with Gasteiger partial charge in [-0.3, -0.25) is 9.78 Å². The first-order chi connectivity index (χ1) is 14.0. The average Bonchev–Trinajstić information content (AvgIpc) is 3.24. The summed E-state index contributed by atoms with van der Waals surface area (Å²) in [5.41, 5.74) is 10.5. The lowest BCUT2D eigenvalue weighted by atomic mass is 9.97. The molecule has 1 amide bonds. The fraction of sp³-hybridized carbons (Fsp3) is 0.0870. The summed E-state index contributed by atoms with van der Waals surface area (Å²) in [5, 5.41) is 4.39. The topological polar surface area (TPSA) is 73.8 Å². The van der Waals surface area contributed by atoms with Gasteiger partial charge in [-0.1, -0.05) is 19.1 Å². The van der Waals surface area contributed by atoms with E-state index in [2.05, 4.69) is 17.0 Å². The summed E-state index contributed by atoms with van der Waals surface area (Å²) in [6.45, 7) is 2.06. The van der Waals surface area contributed by atoms with Crippen LogP contribution in [-0.2, 0) is 0 Å². The van der Waals surface area contributed by atoms with Gasteiger partial charge in [0.15, 0.2) is 0 Å². The third-order valence-electron chi connectivity index (χ3n) is 4.92. The van der Waals surface area contributed by atoms with Gasteiger partial charge in [0.25, 0.3) is 0 Å². The number of nitrogens with zero attached hydrogens (tertiary/aromatic N) is 3. The normalized spacial score (nSPS) is 11.9. The molecule has 0 aliphatic rings. The Bertz CT molecular complexity index is 1150. The molecule has 4 aromatic rings. The Morgan fingerprint density at radius 2 is 1.76 bits per heavy atom. The number of aromatic nitrogens is 3. The molecule has 5 nitrogen and oxygen atoms in total. The fourth-order valence-corrected chi connectivity index (χ4v) is 3.16. The summed E-state index contributed by atoms with van der Waals surface area (Å²) in [7, 11) is 0. The number of hydrogen-bond donors (Lipinski definition) is 1. The van der Waals surface area contributed by atoms with E-state index in [1.165, 1.54) is 12.1 Å². The van der Waals surface area contributed by atoms with Crippen molar-refractivity contribution in [3.05, 3.63) is 102 Å². The van der Waals surface area contributed by atoms with E-state index in [9.17, 15) is 9.18 Å². The third-order valence-corrected chi connectivity index (χ3v) is 4.92. The highest BCUT2D eigenvalue weighted by molar-refractivity contribution is 5.93. The van der Waals surface area contributed by atoms with E-state index in [-0.39, 0.29) is 11.7 Å². The van der Waals surface area contributed by atoms with E-state index >= 15 is 0 Å². The number of rotatable bonds is 5. The van der Waals surface area contributed by atoms with Crippen molar-refractivity contribution in [3.8, 4) is 16.8 Å². The highest BCUT2D eigenvalue weighted by Crippen LogP contribution is 2.27. The van der Waals surface area contributed by atoms with Crippen LogP contribution < -0.4 is 5.73 Å². The van der Waals surface area contributed by atoms with Gasteiger partial charge in [0, 0.05) is 29.6 Å². The minimum Gasteiger partial charge on any atom is -0.366 e. The summed E-state index contributed by atoms with van der Waals surface area (Å²) < 4.78 is 14.9. The molecule has 0 spiro atoms. The number of amides is 1. The number of carbonyl (C=O) groups excluding carboxylic acids is 1. The van der Waals surface area contributed by atoms with Crippen LogP contribution in [0.4, 0.5) is 4.39 Å². The van der Waals surface area contributed by atoms with Gasteiger partial charge >= 0.3 is 0 Å². The summed E-state index contributed by atoms with van der Waals surface area (Å²) in [5.74, 6) is -0.702. The van der Waals surface area contributed by atoms with E-state index in [0.29, 0.717) is 5.56 Å². The standard InChI is InChI=1S/C23H19FN4O/c1-15(19-13-27-28(14-19)21-8-6-20(24)7-9-21)22-12-18(10-11-26-22)16-2-4-17(5-3-16)23(25)29/h2-15H,1H3,(H2,25,29). The molecule has 1 unspecified atom stereocenters. The minimum absolute atomic E-state index is 0.0223. The summed E-state index contributed by atoms with van der Waals surface area (Å²) in [4.78, 5) is 15.8. The van der Waals surface area contributed by atoms with Gasteiger partial charge in [0.2, 0.25) is 5.91 Å². The number of halogens is 1. The second-order valence-electron chi connectivity index (χ2n) is 6.83. The Hall–Kier alpha value is -3.80. The van der Waals surface area contributed by atoms with E-state index in [4.69, 9.17) is 5.73 Å². The number of primary amides is 1. The Balaban J connectivity index is 1.59. The van der Waals surface area contributed by atoms with Crippen molar-refractivity contribution in [2.45, 2.75) is 12.8 Å². The zero-order chi connectivity index (χ0) is 20.4. The van der Waals surface area contributed by atoms with Crippen LogP contribution in [0.2, 0.25) is 0 Å². The van der Waals surface area contributed by atoms with Crippen molar-refractivity contribution in [1.82, 2.24) is 14.8 Å². The lowest BCUT2D eigenvalue weighted by molar-refractivity contribution is 0.100. The lowest BCUT2D eigenvalue weighted by Gasteiger charge is -2.11. The minimum atomic E-state index is -0.446. The molecule has 2 aromatic heterocycles. The molecule has 0 radical (unpaired) electrons. The molecule has 2 aromatic carbocycles. The highest BCUT2D eigenvalue weighted by Gasteiger charge is 2.14. The van der Waals surface area contributed by atoms with Crippen molar-refractivity contribution in [1.29, 1.82) is 0 Å². The molecule has 4 rings (SSSR count). The maximum atomic E-state index is 13.1. The highest BCUT2D eigenvalue weighted by atomic mass is 19.1. The lowest BCUT2D eigenvalue weighted by Crippen LogP contribution is -2.10. The van der Waals surface area contributed by atoms with Crippen LogP contribution in [0.5, 0.6) is 0 Å². The van der Waals surface area contributed by atoms with Crippen LogP contribution in [0.1, 0.15) is 34.5 Å². The molecule has 2 N–H and O–H groups in total. The molecule has 29 heavy (non-hydrogen) atoms. The van der Waals surface area contributed by atoms with Crippen LogP contribution in [0.3, 0.4) is 0 Å². The van der Waals surface area contributed by atoms with E-state index in [1.807, 2.05) is 30.5 Å². The first kappa shape index (κ1) is 18.6. The maximum Gasteiger partial charge on any atom is 0.248 e. The zero-order valence-corrected chi connectivity index (χ0v) is 15.8. The van der Waals surface area contributed by atoms with E-state index < -0.39 is 5.91 Å². The van der Waals surface area contributed by atoms with Crippen LogP contribution in [-0.4, -0.2) is 20.7 Å². The molecule has 0 aliphatic carbocycles. The molecule has 0 saturated carbocycles. The van der Waals surface area contributed by atoms with Crippen molar-refractivity contribution in [3.63, 3.8) is 0 Å². The van der Waals surface area contributed by atoms with Gasteiger partial charge in [-0.05, 0) is 65.2 Å². The maximum absolute atomic E-state index is 13.1. The van der Waals surface area contributed by atoms with E-state index in [1.54, 1.807) is 41.3 Å². The summed E-state index contributed by atoms with van der Waals surface area (Å²) in [6, 6.07) is 17.3. The largest absolute Gasteiger partial charge is 0.366 e. The first-order valence-electron chi connectivity index (χ1n) is 9.18. The molecule has 0 saturated heterocycles. The molecular weight excluding hydrogens is 367 g/mol. The molecule has 2 heterocycles. The van der Waals surface area contributed by atoms with Crippen LogP contribution >= 0.6 is 0 Å². The smallest absolute Gasteiger partial charge is 0.248 e. The molecule has 144 valence electrons. The fourth-order valence-electron chi connectivity index (χ4n) is 3.16. The van der Waals surface area contributed by atoms with Crippen LogP contribution in [0.15, 0.2) is 79.3 Å². The monoisotopic (exact) mass is 386 g/mol. The van der Waals surface area contributed by atoms with Crippen molar-refractivity contribution in [2.75, 3.05) is 0 Å². The van der Waals surface area contributed by atoms with Crippen LogP contribution in [0, 0.1) is 5.82 Å². The van der Waals surface area contributed by atoms with Gasteiger partial charge in [-0.2, -0.15) is 5.10 Å². The predicted octanol–water partition coefficient (Wildman–Crippen LogP) is 4.32. The average molecular weight is 386 g/mol. The van der Waals surface area contributed by atoms with Crippen molar-refractivity contribution < 1.29 is 9.18 Å². The van der Waals surface area contributed by atoms with Gasteiger partial charge in [-0.25, -0.2) is 9.07 Å². The quantitative estimate of drug-likeness (QED) is 0.555. The van der Waals surface area contributed by atoms with Gasteiger partial charge in [-0.15, -0.1) is 0 Å². The third kappa shape index (κ3) is 3.91. The Morgan fingerprint density at radius 1 is 1.03 bits per heavy atom. The number of pyridine rings is 1. The molecular formula is C23H19FN4O. The van der Waals surface area contributed by atoms with E-state index in [0.717, 1.165) is 28.1 Å². The van der Waals surface area contributed by atoms with Gasteiger partial charge < -0.3 is 5.73 Å². The van der Waals surface area contributed by atoms with Crippen LogP contribution in [0.25, 0.3) is 16.8 Å². The first-order valence-corrected chi connectivity index (χ1v) is 9.18. The molecule has 1 atom stereocenters. The number of benzene rings is 2. The van der Waals surface area contributed by atoms with Gasteiger partial charge in [0.05, 0.1) is 11.9 Å². The predicted molar refractivity (Wildman–Crippen MR) is 109 cm³/mol.